The maximum atomic E-state index is 5.32. The minimum absolute atomic E-state index is 0.625. The van der Waals surface area contributed by atoms with E-state index in [1.165, 1.54) is 5.71 Å². The summed E-state index contributed by atoms with van der Waals surface area (Å²) < 4.78 is 5.32. The molecule has 20 heavy (non-hydrogen) atoms. The molecule has 0 bridgehead atoms. The Morgan fingerprint density at radius 3 is 3.10 bits per heavy atom. The van der Waals surface area contributed by atoms with Gasteiger partial charge in [-0.1, -0.05) is 12.2 Å². The first kappa shape index (κ1) is 14.0. The van der Waals surface area contributed by atoms with E-state index in [0.29, 0.717) is 11.0 Å². The van der Waals surface area contributed by atoms with Crippen LogP contribution in [0.2, 0.25) is 0 Å². The molecule has 0 amide bonds. The second kappa shape index (κ2) is 6.65. The van der Waals surface area contributed by atoms with Gasteiger partial charge in [0.1, 0.15) is 0 Å². The van der Waals surface area contributed by atoms with E-state index in [2.05, 4.69) is 32.9 Å². The standard InChI is InChI=1S/C14H22N4OS/c20-14(15-4-5-18-6-8-19-9-7-18)17-16-13-10-11-2-1-3-12(11)13/h1-2,11-12H,3-10H2,(H2,15,17,20)/b16-13-/t11-,12-/m1/s1. The van der Waals surface area contributed by atoms with Gasteiger partial charge < -0.3 is 10.1 Å². The minimum atomic E-state index is 0.625. The summed E-state index contributed by atoms with van der Waals surface area (Å²) in [6, 6.07) is 0. The van der Waals surface area contributed by atoms with Crippen LogP contribution in [0.3, 0.4) is 0 Å². The lowest BCUT2D eigenvalue weighted by Gasteiger charge is -2.32. The fourth-order valence-electron chi connectivity index (χ4n) is 2.98. The molecule has 3 aliphatic rings. The van der Waals surface area contributed by atoms with Gasteiger partial charge in [-0.3, -0.25) is 10.3 Å². The molecule has 0 unspecified atom stereocenters. The average molecular weight is 294 g/mol. The van der Waals surface area contributed by atoms with E-state index in [4.69, 9.17) is 17.0 Å². The molecule has 2 atom stereocenters. The van der Waals surface area contributed by atoms with Crippen molar-refractivity contribution in [3.05, 3.63) is 12.2 Å². The van der Waals surface area contributed by atoms with Gasteiger partial charge in [0.25, 0.3) is 0 Å². The van der Waals surface area contributed by atoms with Gasteiger partial charge in [0.2, 0.25) is 0 Å². The van der Waals surface area contributed by atoms with Gasteiger partial charge >= 0.3 is 0 Å². The number of morpholine rings is 1. The molecule has 0 aromatic heterocycles. The molecule has 2 N–H and O–H groups in total. The molecule has 0 radical (unpaired) electrons. The van der Waals surface area contributed by atoms with Crippen molar-refractivity contribution < 1.29 is 4.74 Å². The van der Waals surface area contributed by atoms with Crippen molar-refractivity contribution in [1.29, 1.82) is 0 Å². The number of ether oxygens (including phenoxy) is 1. The van der Waals surface area contributed by atoms with Crippen LogP contribution in [0.5, 0.6) is 0 Å². The summed E-state index contributed by atoms with van der Waals surface area (Å²) >= 11 is 5.24. The lowest BCUT2D eigenvalue weighted by molar-refractivity contribution is 0.0389. The Labute approximate surface area is 125 Å². The number of rotatable bonds is 4. The molecule has 5 nitrogen and oxygen atoms in total. The summed E-state index contributed by atoms with van der Waals surface area (Å²) in [7, 11) is 0. The summed E-state index contributed by atoms with van der Waals surface area (Å²) in [5, 5.41) is 8.26. The number of nitrogens with zero attached hydrogens (tertiary/aromatic N) is 2. The zero-order valence-electron chi connectivity index (χ0n) is 11.7. The molecule has 1 saturated carbocycles. The van der Waals surface area contributed by atoms with Crippen LogP contribution in [-0.2, 0) is 4.74 Å². The lowest BCUT2D eigenvalue weighted by Crippen LogP contribution is -2.43. The van der Waals surface area contributed by atoms with Crippen LogP contribution in [0.25, 0.3) is 0 Å². The van der Waals surface area contributed by atoms with E-state index >= 15 is 0 Å². The van der Waals surface area contributed by atoms with E-state index in [0.717, 1.165) is 58.2 Å². The molecular weight excluding hydrogens is 272 g/mol. The first-order valence-electron chi connectivity index (χ1n) is 7.40. The minimum Gasteiger partial charge on any atom is -0.379 e. The largest absolute Gasteiger partial charge is 0.379 e. The van der Waals surface area contributed by atoms with Crippen molar-refractivity contribution in [2.24, 2.45) is 16.9 Å². The Hall–Kier alpha value is -0.980. The number of nitrogens with one attached hydrogen (secondary N) is 2. The quantitative estimate of drug-likeness (QED) is 0.455. The summed E-state index contributed by atoms with van der Waals surface area (Å²) in [6.07, 6.45) is 6.80. The molecule has 3 rings (SSSR count). The van der Waals surface area contributed by atoms with Crippen LogP contribution in [0.1, 0.15) is 12.8 Å². The molecule has 0 spiro atoms. The molecule has 2 fully saturated rings. The average Bonchev–Trinajstić information content (AvgIpc) is 2.82. The van der Waals surface area contributed by atoms with Gasteiger partial charge in [0.05, 0.1) is 13.2 Å². The predicted octanol–water partition coefficient (Wildman–Crippen LogP) is 0.735. The summed E-state index contributed by atoms with van der Waals surface area (Å²) in [5.74, 6) is 1.37. The van der Waals surface area contributed by atoms with Gasteiger partial charge in [-0.15, -0.1) is 0 Å². The predicted molar refractivity (Wildman–Crippen MR) is 83.8 cm³/mol. The second-order valence-corrected chi connectivity index (χ2v) is 5.97. The Morgan fingerprint density at radius 1 is 1.45 bits per heavy atom. The highest BCUT2D eigenvalue weighted by molar-refractivity contribution is 7.80. The number of fused-ring (bicyclic) bond motifs is 1. The van der Waals surface area contributed by atoms with Crippen molar-refractivity contribution in [2.45, 2.75) is 12.8 Å². The van der Waals surface area contributed by atoms with Crippen molar-refractivity contribution >= 4 is 23.0 Å². The monoisotopic (exact) mass is 294 g/mol. The maximum Gasteiger partial charge on any atom is 0.186 e. The fourth-order valence-corrected chi connectivity index (χ4v) is 3.13. The van der Waals surface area contributed by atoms with Crippen molar-refractivity contribution in [1.82, 2.24) is 15.6 Å². The summed E-state index contributed by atoms with van der Waals surface area (Å²) in [5.41, 5.74) is 4.23. The van der Waals surface area contributed by atoms with Crippen LogP contribution in [-0.4, -0.2) is 55.1 Å². The third-order valence-corrected chi connectivity index (χ3v) is 4.52. The van der Waals surface area contributed by atoms with Crippen molar-refractivity contribution in [2.75, 3.05) is 39.4 Å². The highest BCUT2D eigenvalue weighted by Crippen LogP contribution is 2.39. The first-order chi connectivity index (χ1) is 9.83. The van der Waals surface area contributed by atoms with Crippen molar-refractivity contribution in [3.63, 3.8) is 0 Å². The van der Waals surface area contributed by atoms with Crippen LogP contribution < -0.4 is 10.7 Å². The zero-order chi connectivity index (χ0) is 13.8. The van der Waals surface area contributed by atoms with E-state index in [1.54, 1.807) is 0 Å². The van der Waals surface area contributed by atoms with Crippen LogP contribution in [0, 0.1) is 11.8 Å². The number of hydrazone groups is 1. The number of thiocarbonyl (C=S) groups is 1. The molecule has 0 aromatic rings. The van der Waals surface area contributed by atoms with E-state index < -0.39 is 0 Å². The number of allylic oxidation sites excluding steroid dienone is 2. The molecule has 0 aromatic carbocycles. The SMILES string of the molecule is S=C(NCCN1CCOCC1)N/N=C1/C[C@H]2C=CC[C@@H]12. The molecule has 1 aliphatic heterocycles. The van der Waals surface area contributed by atoms with Gasteiger partial charge in [0, 0.05) is 37.8 Å². The molecule has 110 valence electrons. The van der Waals surface area contributed by atoms with Gasteiger partial charge in [-0.05, 0) is 31.0 Å². The fraction of sp³-hybridized carbons (Fsp3) is 0.714. The summed E-state index contributed by atoms with van der Waals surface area (Å²) in [6.45, 7) is 5.56. The normalized spacial score (nSPS) is 30.9. The first-order valence-corrected chi connectivity index (χ1v) is 7.81. The van der Waals surface area contributed by atoms with Gasteiger partial charge in [0.15, 0.2) is 5.11 Å². The lowest BCUT2D eigenvalue weighted by atomic mass is 9.74. The Bertz CT molecular complexity index is 417. The smallest absolute Gasteiger partial charge is 0.186 e. The zero-order valence-corrected chi connectivity index (χ0v) is 12.5. The molecule has 2 aliphatic carbocycles. The van der Waals surface area contributed by atoms with E-state index in [1.807, 2.05) is 0 Å². The van der Waals surface area contributed by atoms with E-state index in [9.17, 15) is 0 Å². The van der Waals surface area contributed by atoms with Gasteiger partial charge in [-0.25, -0.2) is 0 Å². The van der Waals surface area contributed by atoms with Crippen molar-refractivity contribution in [3.8, 4) is 0 Å². The Balaban J connectivity index is 1.30. The highest BCUT2D eigenvalue weighted by atomic mass is 32.1. The maximum absolute atomic E-state index is 5.32. The van der Waals surface area contributed by atoms with E-state index in [-0.39, 0.29) is 0 Å². The second-order valence-electron chi connectivity index (χ2n) is 5.56. The van der Waals surface area contributed by atoms with Gasteiger partial charge in [-0.2, -0.15) is 5.10 Å². The number of hydrogen-bond donors (Lipinski definition) is 2. The Morgan fingerprint density at radius 2 is 2.30 bits per heavy atom. The molecule has 1 saturated heterocycles. The molecular formula is C14H22N4OS. The molecule has 6 heteroatoms. The molecule has 1 heterocycles. The Kier molecular flexibility index (Phi) is 4.65. The van der Waals surface area contributed by atoms with Crippen LogP contribution in [0.15, 0.2) is 17.3 Å². The van der Waals surface area contributed by atoms with Crippen LogP contribution in [0.4, 0.5) is 0 Å². The van der Waals surface area contributed by atoms with Crippen LogP contribution >= 0.6 is 12.2 Å². The highest BCUT2D eigenvalue weighted by Gasteiger charge is 2.37. The third kappa shape index (κ3) is 3.37. The third-order valence-electron chi connectivity index (χ3n) is 4.28. The summed E-state index contributed by atoms with van der Waals surface area (Å²) in [4.78, 5) is 2.38. The topological polar surface area (TPSA) is 48.9 Å². The number of hydrogen-bond acceptors (Lipinski definition) is 4.